The first-order chi connectivity index (χ1) is 10.8. The molecule has 1 aromatic heterocycles. The number of nitrogens with zero attached hydrogens (tertiary/aromatic N) is 2. The van der Waals surface area contributed by atoms with Crippen molar-refractivity contribution in [2.45, 2.75) is 0 Å². The lowest BCUT2D eigenvalue weighted by Crippen LogP contribution is -2.19. The Morgan fingerprint density at radius 2 is 1.86 bits per heavy atom. The molecule has 0 saturated carbocycles. The van der Waals surface area contributed by atoms with Crippen molar-refractivity contribution in [2.24, 2.45) is 4.99 Å². The summed E-state index contributed by atoms with van der Waals surface area (Å²) in [6, 6.07) is 14.0. The topological polar surface area (TPSA) is 62.3 Å². The molecule has 0 atom stereocenters. The van der Waals surface area contributed by atoms with E-state index < -0.39 is 0 Å². The third kappa shape index (κ3) is 2.20. The second kappa shape index (κ2) is 5.18. The first kappa shape index (κ1) is 12.9. The normalized spacial score (nSPS) is 14.0. The molecule has 0 fully saturated rings. The van der Waals surface area contributed by atoms with Gasteiger partial charge in [-0.15, -0.1) is 0 Å². The number of ether oxygens (including phenoxy) is 1. The molecule has 0 radical (unpaired) electrons. The van der Waals surface area contributed by atoms with Crippen LogP contribution in [-0.2, 0) is 0 Å². The maximum atomic E-state index is 5.19. The molecule has 2 aromatic carbocycles. The Bertz CT molecular complexity index is 849. The van der Waals surface area contributed by atoms with E-state index in [0.29, 0.717) is 0 Å². The van der Waals surface area contributed by atoms with Crippen molar-refractivity contribution < 1.29 is 4.74 Å². The highest BCUT2D eigenvalue weighted by atomic mass is 16.5. The second-order valence-corrected chi connectivity index (χ2v) is 5.20. The van der Waals surface area contributed by atoms with Gasteiger partial charge in [0.2, 0.25) is 0 Å². The smallest absolute Gasteiger partial charge is 0.138 e. The minimum absolute atomic E-state index is 0.840. The average Bonchev–Trinajstić information content (AvgIpc) is 3.23. The molecule has 5 heteroatoms. The Hall–Kier alpha value is -2.82. The summed E-state index contributed by atoms with van der Waals surface area (Å²) in [7, 11) is 1.66. The van der Waals surface area contributed by atoms with Gasteiger partial charge in [-0.05, 0) is 42.5 Å². The number of H-pyrrole nitrogens is 1. The molecule has 110 valence electrons. The molecule has 22 heavy (non-hydrogen) atoms. The van der Waals surface area contributed by atoms with Crippen LogP contribution in [0.2, 0.25) is 0 Å². The maximum absolute atomic E-state index is 5.19. The molecule has 1 aliphatic heterocycles. The second-order valence-electron chi connectivity index (χ2n) is 5.20. The highest BCUT2D eigenvalue weighted by Gasteiger charge is 2.11. The number of methoxy groups -OCH3 is 1. The molecule has 0 spiro atoms. The molecule has 0 bridgehead atoms. The summed E-state index contributed by atoms with van der Waals surface area (Å²) in [6.07, 6.45) is 0. The zero-order chi connectivity index (χ0) is 14.9. The number of imidazole rings is 1. The van der Waals surface area contributed by atoms with Crippen LogP contribution in [0.1, 0.15) is 5.56 Å². The van der Waals surface area contributed by atoms with Gasteiger partial charge in [0.1, 0.15) is 17.4 Å². The highest BCUT2D eigenvalue weighted by Crippen LogP contribution is 2.23. The van der Waals surface area contributed by atoms with Crippen molar-refractivity contribution >= 4 is 16.9 Å². The number of fused-ring (bicyclic) bond motifs is 1. The Labute approximate surface area is 128 Å². The van der Waals surface area contributed by atoms with Crippen LogP contribution in [-0.4, -0.2) is 36.0 Å². The van der Waals surface area contributed by atoms with Gasteiger partial charge in [0.05, 0.1) is 24.7 Å². The zero-order valence-corrected chi connectivity index (χ0v) is 12.3. The summed E-state index contributed by atoms with van der Waals surface area (Å²) >= 11 is 0. The van der Waals surface area contributed by atoms with Gasteiger partial charge in [-0.1, -0.05) is 0 Å². The molecule has 0 amide bonds. The van der Waals surface area contributed by atoms with Gasteiger partial charge < -0.3 is 15.0 Å². The van der Waals surface area contributed by atoms with Crippen LogP contribution in [0.4, 0.5) is 0 Å². The van der Waals surface area contributed by atoms with Crippen LogP contribution >= 0.6 is 0 Å². The van der Waals surface area contributed by atoms with Gasteiger partial charge in [-0.3, -0.25) is 4.99 Å². The number of hydrogen-bond acceptors (Lipinski definition) is 4. The molecule has 2 N–H and O–H groups in total. The lowest BCUT2D eigenvalue weighted by atomic mass is 10.2. The standard InChI is InChI=1S/C17H16N4O/c1-22-13-5-2-11(3-6-13)17-20-14-7-4-12(10-15(14)21-17)16-18-8-9-19-16/h2-7,10H,8-9H2,1H3,(H,18,19)(H,20,21). The highest BCUT2D eigenvalue weighted by molar-refractivity contribution is 6.02. The molecular formula is C17H16N4O. The predicted molar refractivity (Wildman–Crippen MR) is 87.5 cm³/mol. The fourth-order valence-corrected chi connectivity index (χ4v) is 2.63. The van der Waals surface area contributed by atoms with Crippen LogP contribution in [0.5, 0.6) is 5.75 Å². The van der Waals surface area contributed by atoms with Gasteiger partial charge in [0.25, 0.3) is 0 Å². The van der Waals surface area contributed by atoms with E-state index in [-0.39, 0.29) is 0 Å². The van der Waals surface area contributed by atoms with Gasteiger partial charge in [0.15, 0.2) is 0 Å². The van der Waals surface area contributed by atoms with Crippen LogP contribution in [0.15, 0.2) is 47.5 Å². The number of aromatic nitrogens is 2. The first-order valence-corrected chi connectivity index (χ1v) is 7.26. The lowest BCUT2D eigenvalue weighted by Gasteiger charge is -2.01. The van der Waals surface area contributed by atoms with E-state index in [2.05, 4.69) is 32.4 Å². The Balaban J connectivity index is 1.73. The maximum Gasteiger partial charge on any atom is 0.138 e. The lowest BCUT2D eigenvalue weighted by molar-refractivity contribution is 0.415. The molecule has 4 rings (SSSR count). The number of aliphatic imine (C=N–C) groups is 1. The van der Waals surface area contributed by atoms with E-state index in [0.717, 1.165) is 52.7 Å². The molecule has 1 aliphatic rings. The zero-order valence-electron chi connectivity index (χ0n) is 12.3. The summed E-state index contributed by atoms with van der Waals surface area (Å²) in [6.45, 7) is 1.75. The van der Waals surface area contributed by atoms with E-state index in [1.165, 1.54) is 0 Å². The molecule has 0 unspecified atom stereocenters. The van der Waals surface area contributed by atoms with E-state index in [9.17, 15) is 0 Å². The Kier molecular flexibility index (Phi) is 3.04. The predicted octanol–water partition coefficient (Wildman–Crippen LogP) is 2.59. The summed E-state index contributed by atoms with van der Waals surface area (Å²) in [5.41, 5.74) is 4.10. The van der Waals surface area contributed by atoms with E-state index in [1.807, 2.05) is 30.3 Å². The van der Waals surface area contributed by atoms with E-state index in [4.69, 9.17) is 4.74 Å². The minimum Gasteiger partial charge on any atom is -0.497 e. The minimum atomic E-state index is 0.840. The van der Waals surface area contributed by atoms with Gasteiger partial charge in [-0.2, -0.15) is 0 Å². The van der Waals surface area contributed by atoms with E-state index >= 15 is 0 Å². The molecule has 0 aliphatic carbocycles. The molecule has 3 aromatic rings. The Morgan fingerprint density at radius 1 is 1.05 bits per heavy atom. The van der Waals surface area contributed by atoms with Gasteiger partial charge >= 0.3 is 0 Å². The SMILES string of the molecule is COc1ccc(-c2nc3ccc(C4=NCCN4)cc3[nH]2)cc1. The number of aromatic amines is 1. The average molecular weight is 292 g/mol. The summed E-state index contributed by atoms with van der Waals surface area (Å²) in [5.74, 6) is 2.66. The number of nitrogens with one attached hydrogen (secondary N) is 2. The third-order valence-electron chi connectivity index (χ3n) is 3.79. The third-order valence-corrected chi connectivity index (χ3v) is 3.79. The van der Waals surface area contributed by atoms with Crippen LogP contribution in [0.25, 0.3) is 22.4 Å². The first-order valence-electron chi connectivity index (χ1n) is 7.26. The van der Waals surface area contributed by atoms with Crippen molar-refractivity contribution in [3.8, 4) is 17.1 Å². The monoisotopic (exact) mass is 292 g/mol. The van der Waals surface area contributed by atoms with Crippen molar-refractivity contribution in [3.05, 3.63) is 48.0 Å². The van der Waals surface area contributed by atoms with Crippen molar-refractivity contribution in [1.82, 2.24) is 15.3 Å². The summed E-state index contributed by atoms with van der Waals surface area (Å²) in [5, 5.41) is 3.29. The molecule has 2 heterocycles. The van der Waals surface area contributed by atoms with E-state index in [1.54, 1.807) is 7.11 Å². The number of benzene rings is 2. The van der Waals surface area contributed by atoms with Gasteiger partial charge in [-0.25, -0.2) is 4.98 Å². The number of hydrogen-bond donors (Lipinski definition) is 2. The molecule has 0 saturated heterocycles. The van der Waals surface area contributed by atoms with Crippen molar-refractivity contribution in [2.75, 3.05) is 20.2 Å². The van der Waals surface area contributed by atoms with Crippen LogP contribution in [0.3, 0.4) is 0 Å². The number of rotatable bonds is 3. The van der Waals surface area contributed by atoms with Crippen LogP contribution < -0.4 is 10.1 Å². The largest absolute Gasteiger partial charge is 0.497 e. The fourth-order valence-electron chi connectivity index (χ4n) is 2.63. The quantitative estimate of drug-likeness (QED) is 0.780. The van der Waals surface area contributed by atoms with Crippen LogP contribution in [0, 0.1) is 0 Å². The molecule has 5 nitrogen and oxygen atoms in total. The Morgan fingerprint density at radius 3 is 2.59 bits per heavy atom. The fraction of sp³-hybridized carbons (Fsp3) is 0.176. The summed E-state index contributed by atoms with van der Waals surface area (Å²) in [4.78, 5) is 12.5. The molecular weight excluding hydrogens is 276 g/mol. The van der Waals surface area contributed by atoms with Gasteiger partial charge in [0, 0.05) is 17.7 Å². The summed E-state index contributed by atoms with van der Waals surface area (Å²) < 4.78 is 5.19. The van der Waals surface area contributed by atoms with Crippen molar-refractivity contribution in [1.29, 1.82) is 0 Å². The van der Waals surface area contributed by atoms with Crippen molar-refractivity contribution in [3.63, 3.8) is 0 Å². The number of amidine groups is 1.